The topological polar surface area (TPSA) is 63.8 Å². The number of nitrogens with zero attached hydrogens (tertiary/aromatic N) is 2. The predicted molar refractivity (Wildman–Crippen MR) is 98.5 cm³/mol. The molecule has 0 bridgehead atoms. The summed E-state index contributed by atoms with van der Waals surface area (Å²) in [5.74, 6) is 0.0360. The van der Waals surface area contributed by atoms with Crippen LogP contribution in [0.4, 0.5) is 0 Å². The number of thiazole rings is 1. The van der Waals surface area contributed by atoms with Crippen LogP contribution in [0.15, 0.2) is 48.8 Å². The van der Waals surface area contributed by atoms with E-state index < -0.39 is 5.97 Å². The Balaban J connectivity index is 1.81. The van der Waals surface area contributed by atoms with Crippen LogP contribution in [0.5, 0.6) is 5.75 Å². The molecule has 0 unspecified atom stereocenters. The van der Waals surface area contributed by atoms with Crippen molar-refractivity contribution in [1.82, 2.24) is 9.38 Å². The number of carbonyl (C=O) groups is 1. The summed E-state index contributed by atoms with van der Waals surface area (Å²) in [7, 11) is 0. The fourth-order valence-corrected chi connectivity index (χ4v) is 3.93. The molecule has 0 amide bonds. The largest absolute Gasteiger partial charge is 0.493 e. The second kappa shape index (κ2) is 6.22. The summed E-state index contributed by atoms with van der Waals surface area (Å²) >= 11 is 1.40. The Morgan fingerprint density at radius 3 is 2.72 bits per heavy atom. The van der Waals surface area contributed by atoms with E-state index in [1.165, 1.54) is 11.3 Å². The second-order valence-electron chi connectivity index (χ2n) is 5.67. The molecular formula is C19H16N2O3S. The maximum absolute atomic E-state index is 10.9. The first-order valence-corrected chi connectivity index (χ1v) is 8.81. The number of hydrogen-bond acceptors (Lipinski definition) is 4. The number of aromatic nitrogens is 2. The number of hydrogen-bond donors (Lipinski definition) is 1. The molecule has 2 aromatic carbocycles. The highest BCUT2D eigenvalue weighted by Crippen LogP contribution is 2.35. The Hall–Kier alpha value is -2.86. The number of ether oxygens (including phenoxy) is 1. The summed E-state index contributed by atoms with van der Waals surface area (Å²) in [6.07, 6.45) is 3.80. The highest BCUT2D eigenvalue weighted by molar-refractivity contribution is 7.17. The van der Waals surface area contributed by atoms with Crippen LogP contribution < -0.4 is 4.74 Å². The lowest BCUT2D eigenvalue weighted by Gasteiger charge is -2.10. The molecule has 4 aromatic rings. The van der Waals surface area contributed by atoms with Gasteiger partial charge in [0.15, 0.2) is 4.96 Å². The van der Waals surface area contributed by atoms with Gasteiger partial charge in [0.05, 0.1) is 18.7 Å². The minimum Gasteiger partial charge on any atom is -0.493 e. The molecule has 5 nitrogen and oxygen atoms in total. The lowest BCUT2D eigenvalue weighted by molar-refractivity contribution is -0.136. The first-order valence-electron chi connectivity index (χ1n) is 8.00. The van der Waals surface area contributed by atoms with Crippen LogP contribution in [-0.2, 0) is 11.2 Å². The molecule has 0 radical (unpaired) electrons. The standard InChI is InChI=1S/C19H16N2O3S/c1-2-24-17-8-7-14(13-5-3-4-6-15(13)17)16-11-21-10-12(9-18(22)23)25-19(21)20-16/h3-8,10-11H,2,9H2,1H3,(H,22,23). The van der Waals surface area contributed by atoms with Crippen LogP contribution in [0.3, 0.4) is 0 Å². The third-order valence-electron chi connectivity index (χ3n) is 3.99. The van der Waals surface area contributed by atoms with E-state index in [1.54, 1.807) is 0 Å². The van der Waals surface area contributed by atoms with Gasteiger partial charge in [-0.3, -0.25) is 9.20 Å². The van der Waals surface area contributed by atoms with Crippen LogP contribution in [0.1, 0.15) is 11.8 Å². The van der Waals surface area contributed by atoms with Gasteiger partial charge in [-0.1, -0.05) is 24.3 Å². The van der Waals surface area contributed by atoms with E-state index in [0.29, 0.717) is 6.61 Å². The van der Waals surface area contributed by atoms with E-state index in [2.05, 4.69) is 11.1 Å². The minimum atomic E-state index is -0.831. The number of aliphatic carboxylic acids is 1. The average Bonchev–Trinajstić information content (AvgIpc) is 3.13. The summed E-state index contributed by atoms with van der Waals surface area (Å²) in [5, 5.41) is 11.1. The molecular weight excluding hydrogens is 336 g/mol. The third-order valence-corrected chi connectivity index (χ3v) is 4.99. The molecule has 1 N–H and O–H groups in total. The van der Waals surface area contributed by atoms with Gasteiger partial charge < -0.3 is 9.84 Å². The molecule has 2 aromatic heterocycles. The Morgan fingerprint density at radius 2 is 2.00 bits per heavy atom. The molecule has 0 aliphatic rings. The summed E-state index contributed by atoms with van der Waals surface area (Å²) in [5.41, 5.74) is 1.90. The van der Waals surface area contributed by atoms with Crippen molar-refractivity contribution in [3.63, 3.8) is 0 Å². The third kappa shape index (κ3) is 2.85. The molecule has 4 rings (SSSR count). The highest BCUT2D eigenvalue weighted by Gasteiger charge is 2.13. The molecule has 0 saturated heterocycles. The van der Waals surface area contributed by atoms with Crippen molar-refractivity contribution >= 4 is 33.0 Å². The Kier molecular flexibility index (Phi) is 3.89. The van der Waals surface area contributed by atoms with Crippen LogP contribution in [0, 0.1) is 0 Å². The summed E-state index contributed by atoms with van der Waals surface area (Å²) < 4.78 is 7.62. The normalized spacial score (nSPS) is 11.2. The molecule has 0 aliphatic heterocycles. The van der Waals surface area contributed by atoms with E-state index in [9.17, 15) is 4.79 Å². The van der Waals surface area contributed by atoms with Crippen molar-refractivity contribution in [3.8, 4) is 17.0 Å². The predicted octanol–water partition coefficient (Wildman–Crippen LogP) is 4.24. The van der Waals surface area contributed by atoms with E-state index in [4.69, 9.17) is 9.84 Å². The number of fused-ring (bicyclic) bond motifs is 2. The van der Waals surface area contributed by atoms with Crippen LogP contribution in [-0.4, -0.2) is 27.1 Å². The molecule has 0 spiro atoms. The Morgan fingerprint density at radius 1 is 1.20 bits per heavy atom. The molecule has 0 fully saturated rings. The number of carboxylic acid groups (broad SMARTS) is 1. The van der Waals surface area contributed by atoms with Gasteiger partial charge >= 0.3 is 5.97 Å². The van der Waals surface area contributed by atoms with Crippen molar-refractivity contribution < 1.29 is 14.6 Å². The van der Waals surface area contributed by atoms with Gasteiger partial charge in [0.25, 0.3) is 0 Å². The van der Waals surface area contributed by atoms with Gasteiger partial charge in [-0.25, -0.2) is 4.98 Å². The molecule has 2 heterocycles. The van der Waals surface area contributed by atoms with Crippen LogP contribution >= 0.6 is 11.3 Å². The molecule has 25 heavy (non-hydrogen) atoms. The maximum Gasteiger partial charge on any atom is 0.308 e. The van der Waals surface area contributed by atoms with Crippen molar-refractivity contribution in [2.45, 2.75) is 13.3 Å². The van der Waals surface area contributed by atoms with Gasteiger partial charge in [-0.05, 0) is 24.4 Å². The molecule has 0 saturated carbocycles. The first-order chi connectivity index (χ1) is 12.2. The van der Waals surface area contributed by atoms with Crippen LogP contribution in [0.2, 0.25) is 0 Å². The van der Waals surface area contributed by atoms with Gasteiger partial charge in [-0.2, -0.15) is 0 Å². The zero-order valence-electron chi connectivity index (χ0n) is 13.6. The quantitative estimate of drug-likeness (QED) is 0.583. The van der Waals surface area contributed by atoms with Crippen molar-refractivity contribution in [2.75, 3.05) is 6.61 Å². The minimum absolute atomic E-state index is 0.0232. The molecule has 126 valence electrons. The van der Waals surface area contributed by atoms with Crippen LogP contribution in [0.25, 0.3) is 27.0 Å². The first kappa shape index (κ1) is 15.7. The van der Waals surface area contributed by atoms with E-state index in [0.717, 1.165) is 37.6 Å². The number of rotatable bonds is 5. The zero-order chi connectivity index (χ0) is 17.4. The summed E-state index contributed by atoms with van der Waals surface area (Å²) in [6, 6.07) is 12.1. The molecule has 0 aliphatic carbocycles. The summed E-state index contributed by atoms with van der Waals surface area (Å²) in [4.78, 5) is 17.1. The lowest BCUT2D eigenvalue weighted by Crippen LogP contribution is -1.97. The Bertz CT molecular complexity index is 1050. The smallest absolute Gasteiger partial charge is 0.308 e. The maximum atomic E-state index is 10.9. The highest BCUT2D eigenvalue weighted by atomic mass is 32.1. The number of imidazole rings is 1. The van der Waals surface area contributed by atoms with Crippen molar-refractivity contribution in [1.29, 1.82) is 0 Å². The zero-order valence-corrected chi connectivity index (χ0v) is 14.4. The SMILES string of the molecule is CCOc1ccc(-c2cn3cc(CC(=O)O)sc3n2)c2ccccc12. The fourth-order valence-electron chi connectivity index (χ4n) is 2.98. The van der Waals surface area contributed by atoms with E-state index in [1.807, 2.05) is 54.0 Å². The molecule has 0 atom stereocenters. The van der Waals surface area contributed by atoms with Gasteiger partial charge in [0, 0.05) is 28.2 Å². The lowest BCUT2D eigenvalue weighted by atomic mass is 10.0. The average molecular weight is 352 g/mol. The molecule has 6 heteroatoms. The number of benzene rings is 2. The monoisotopic (exact) mass is 352 g/mol. The fraction of sp³-hybridized carbons (Fsp3) is 0.158. The Labute approximate surface area is 148 Å². The van der Waals surface area contributed by atoms with E-state index in [-0.39, 0.29) is 6.42 Å². The van der Waals surface area contributed by atoms with Crippen molar-refractivity contribution in [2.24, 2.45) is 0 Å². The number of carboxylic acids is 1. The second-order valence-corrected chi connectivity index (χ2v) is 6.77. The van der Waals surface area contributed by atoms with Gasteiger partial charge in [-0.15, -0.1) is 11.3 Å². The summed E-state index contributed by atoms with van der Waals surface area (Å²) in [6.45, 7) is 2.59. The van der Waals surface area contributed by atoms with Gasteiger partial charge in [0.2, 0.25) is 0 Å². The van der Waals surface area contributed by atoms with Gasteiger partial charge in [0.1, 0.15) is 5.75 Å². The van der Waals surface area contributed by atoms with E-state index >= 15 is 0 Å². The van der Waals surface area contributed by atoms with Crippen molar-refractivity contribution in [3.05, 3.63) is 53.7 Å².